The summed E-state index contributed by atoms with van der Waals surface area (Å²) < 4.78 is 0. The monoisotopic (exact) mass is 548 g/mol. The third-order valence-electron chi connectivity index (χ3n) is 8.69. The van der Waals surface area contributed by atoms with Gasteiger partial charge >= 0.3 is 0 Å². The lowest BCUT2D eigenvalue weighted by molar-refractivity contribution is 0.583. The molecule has 1 N–H and O–H groups in total. The molecule has 0 aliphatic rings. The van der Waals surface area contributed by atoms with E-state index in [0.29, 0.717) is 0 Å². The van der Waals surface area contributed by atoms with Crippen molar-refractivity contribution in [3.05, 3.63) is 59.2 Å². The maximum Gasteiger partial charge on any atom is 0.0419 e. The standard InChI is InChI=1S/C39H65N/c1-4-7-10-13-16-19-22-28-35-31-27-34-39(37(35)32-24-21-18-15-12-9-6-3)40-38-33-26-25-30-36(38)29-23-20-17-14-11-8-5-2/h25-27,30-31,33-34,40H,4-24,28-29,32H2,1-3H3. The van der Waals surface area contributed by atoms with Crippen LogP contribution in [0.3, 0.4) is 0 Å². The van der Waals surface area contributed by atoms with Crippen LogP contribution in [-0.4, -0.2) is 0 Å². The van der Waals surface area contributed by atoms with E-state index < -0.39 is 0 Å². The fourth-order valence-corrected chi connectivity index (χ4v) is 6.09. The van der Waals surface area contributed by atoms with Crippen LogP contribution in [0.1, 0.15) is 172 Å². The van der Waals surface area contributed by atoms with E-state index in [0.717, 1.165) is 0 Å². The van der Waals surface area contributed by atoms with Gasteiger partial charge in [0.2, 0.25) is 0 Å². The molecule has 0 amide bonds. The number of nitrogens with one attached hydrogen (secondary N) is 1. The summed E-state index contributed by atoms with van der Waals surface area (Å²) in [6.07, 6.45) is 32.5. The minimum absolute atomic E-state index is 1.18. The Morgan fingerprint density at radius 2 is 0.775 bits per heavy atom. The quantitative estimate of drug-likeness (QED) is 0.115. The Kier molecular flexibility index (Phi) is 20.6. The first-order valence-electron chi connectivity index (χ1n) is 17.8. The average molecular weight is 548 g/mol. The molecule has 0 fully saturated rings. The Labute approximate surface area is 250 Å². The molecule has 226 valence electrons. The summed E-state index contributed by atoms with van der Waals surface area (Å²) in [4.78, 5) is 0. The molecule has 0 spiro atoms. The lowest BCUT2D eigenvalue weighted by Crippen LogP contribution is -2.04. The summed E-state index contributed by atoms with van der Waals surface area (Å²) in [7, 11) is 0. The molecule has 0 radical (unpaired) electrons. The summed E-state index contributed by atoms with van der Waals surface area (Å²) in [5.41, 5.74) is 7.35. The van der Waals surface area contributed by atoms with Crippen molar-refractivity contribution in [2.45, 2.75) is 175 Å². The summed E-state index contributed by atoms with van der Waals surface area (Å²) >= 11 is 0. The highest BCUT2D eigenvalue weighted by atomic mass is 14.9. The molecule has 40 heavy (non-hydrogen) atoms. The van der Waals surface area contributed by atoms with Gasteiger partial charge in [0.25, 0.3) is 0 Å². The van der Waals surface area contributed by atoms with E-state index in [-0.39, 0.29) is 0 Å². The largest absolute Gasteiger partial charge is 0.355 e. The maximum atomic E-state index is 3.94. The van der Waals surface area contributed by atoms with Crippen molar-refractivity contribution in [2.75, 3.05) is 5.32 Å². The molecule has 0 aliphatic carbocycles. The Hall–Kier alpha value is -1.76. The van der Waals surface area contributed by atoms with Gasteiger partial charge in [-0.25, -0.2) is 0 Å². The van der Waals surface area contributed by atoms with Crippen LogP contribution in [0.5, 0.6) is 0 Å². The zero-order valence-electron chi connectivity index (χ0n) is 27.0. The van der Waals surface area contributed by atoms with Gasteiger partial charge in [-0.2, -0.15) is 0 Å². The topological polar surface area (TPSA) is 12.0 Å². The van der Waals surface area contributed by atoms with Crippen molar-refractivity contribution in [2.24, 2.45) is 0 Å². The predicted octanol–water partition coefficient (Wildman–Crippen LogP) is 13.3. The van der Waals surface area contributed by atoms with Crippen LogP contribution < -0.4 is 5.32 Å². The first-order chi connectivity index (χ1) is 19.8. The number of unbranched alkanes of at least 4 members (excludes halogenated alkanes) is 18. The van der Waals surface area contributed by atoms with Crippen LogP contribution in [0.2, 0.25) is 0 Å². The minimum atomic E-state index is 1.18. The molecule has 2 rings (SSSR count). The van der Waals surface area contributed by atoms with Gasteiger partial charge in [-0.05, 0) is 67.3 Å². The zero-order valence-corrected chi connectivity index (χ0v) is 27.0. The van der Waals surface area contributed by atoms with Gasteiger partial charge in [0, 0.05) is 11.4 Å². The molecular formula is C39H65N. The fraction of sp³-hybridized carbons (Fsp3) is 0.692. The number of hydrogen-bond acceptors (Lipinski definition) is 1. The van der Waals surface area contributed by atoms with Gasteiger partial charge in [-0.3, -0.25) is 0 Å². The first-order valence-corrected chi connectivity index (χ1v) is 17.8. The molecule has 0 bridgehead atoms. The molecule has 0 saturated heterocycles. The van der Waals surface area contributed by atoms with Crippen molar-refractivity contribution in [1.82, 2.24) is 0 Å². The molecule has 2 aromatic carbocycles. The molecule has 0 aliphatic heterocycles. The normalized spacial score (nSPS) is 11.3. The summed E-state index contributed by atoms with van der Waals surface area (Å²) in [6, 6.07) is 16.1. The van der Waals surface area contributed by atoms with Gasteiger partial charge in [-0.15, -0.1) is 0 Å². The van der Waals surface area contributed by atoms with Crippen molar-refractivity contribution in [3.63, 3.8) is 0 Å². The van der Waals surface area contributed by atoms with Crippen molar-refractivity contribution >= 4 is 11.4 Å². The van der Waals surface area contributed by atoms with E-state index in [1.807, 2.05) is 0 Å². The Balaban J connectivity index is 2.00. The van der Waals surface area contributed by atoms with E-state index in [2.05, 4.69) is 68.6 Å². The summed E-state index contributed by atoms with van der Waals surface area (Å²) in [5.74, 6) is 0. The van der Waals surface area contributed by atoms with Crippen molar-refractivity contribution in [3.8, 4) is 0 Å². The van der Waals surface area contributed by atoms with E-state index in [1.165, 1.54) is 171 Å². The van der Waals surface area contributed by atoms with E-state index in [9.17, 15) is 0 Å². The zero-order chi connectivity index (χ0) is 28.5. The second-order valence-corrected chi connectivity index (χ2v) is 12.3. The number of aryl methyl sites for hydroxylation is 2. The number of hydrogen-bond donors (Lipinski definition) is 1. The van der Waals surface area contributed by atoms with Gasteiger partial charge < -0.3 is 5.32 Å². The SMILES string of the molecule is CCCCCCCCCc1ccccc1Nc1cccc(CCCCCCCCC)c1CCCCCCCCC. The van der Waals surface area contributed by atoms with E-state index in [1.54, 1.807) is 11.1 Å². The highest BCUT2D eigenvalue weighted by Crippen LogP contribution is 2.30. The lowest BCUT2D eigenvalue weighted by atomic mass is 9.94. The van der Waals surface area contributed by atoms with Crippen molar-refractivity contribution < 1.29 is 0 Å². The molecule has 0 aromatic heterocycles. The van der Waals surface area contributed by atoms with Crippen LogP contribution in [-0.2, 0) is 19.3 Å². The van der Waals surface area contributed by atoms with Crippen LogP contribution in [0.25, 0.3) is 0 Å². The molecule has 0 saturated carbocycles. The van der Waals surface area contributed by atoms with Crippen molar-refractivity contribution in [1.29, 1.82) is 0 Å². The van der Waals surface area contributed by atoms with Crippen LogP contribution in [0.4, 0.5) is 11.4 Å². The fourth-order valence-electron chi connectivity index (χ4n) is 6.09. The molecule has 0 atom stereocenters. The highest BCUT2D eigenvalue weighted by Gasteiger charge is 2.11. The van der Waals surface area contributed by atoms with Gasteiger partial charge in [0.15, 0.2) is 0 Å². The molecule has 0 heterocycles. The summed E-state index contributed by atoms with van der Waals surface area (Å²) in [6.45, 7) is 6.92. The first kappa shape index (κ1) is 34.4. The average Bonchev–Trinajstić information content (AvgIpc) is 2.97. The minimum Gasteiger partial charge on any atom is -0.355 e. The van der Waals surface area contributed by atoms with Gasteiger partial charge in [0.05, 0.1) is 0 Å². The Bertz CT molecular complexity index is 854. The smallest absolute Gasteiger partial charge is 0.0419 e. The molecule has 1 heteroatoms. The molecule has 0 unspecified atom stereocenters. The van der Waals surface area contributed by atoms with E-state index >= 15 is 0 Å². The molecular weight excluding hydrogens is 482 g/mol. The summed E-state index contributed by atoms with van der Waals surface area (Å²) in [5, 5.41) is 3.94. The third kappa shape index (κ3) is 15.3. The predicted molar refractivity (Wildman–Crippen MR) is 181 cm³/mol. The Morgan fingerprint density at radius 3 is 1.32 bits per heavy atom. The number of para-hydroxylation sites is 1. The Morgan fingerprint density at radius 1 is 0.375 bits per heavy atom. The van der Waals surface area contributed by atoms with Gasteiger partial charge in [-0.1, -0.05) is 167 Å². The van der Waals surface area contributed by atoms with Gasteiger partial charge in [0.1, 0.15) is 0 Å². The molecule has 1 nitrogen and oxygen atoms in total. The van der Waals surface area contributed by atoms with E-state index in [4.69, 9.17) is 0 Å². The second kappa shape index (κ2) is 23.9. The molecule has 2 aromatic rings. The maximum absolute atomic E-state index is 3.94. The number of benzene rings is 2. The lowest BCUT2D eigenvalue weighted by Gasteiger charge is -2.19. The van der Waals surface area contributed by atoms with Crippen LogP contribution >= 0.6 is 0 Å². The number of anilines is 2. The number of rotatable bonds is 26. The highest BCUT2D eigenvalue weighted by molar-refractivity contribution is 5.67. The van der Waals surface area contributed by atoms with Crippen LogP contribution in [0, 0.1) is 0 Å². The van der Waals surface area contributed by atoms with Crippen LogP contribution in [0.15, 0.2) is 42.5 Å². The third-order valence-corrected chi connectivity index (χ3v) is 8.69. The second-order valence-electron chi connectivity index (χ2n) is 12.3.